The Morgan fingerprint density at radius 2 is 1.52 bits per heavy atom. The molecule has 0 aliphatic heterocycles. The summed E-state index contributed by atoms with van der Waals surface area (Å²) in [5.74, 6) is 0. The summed E-state index contributed by atoms with van der Waals surface area (Å²) in [5, 5.41) is 17.1. The Kier molecular flexibility index (Phi) is 4.83. The number of nitrogens with zero attached hydrogens (tertiary/aromatic N) is 1. The van der Waals surface area contributed by atoms with Gasteiger partial charge in [-0.2, -0.15) is 0 Å². The van der Waals surface area contributed by atoms with Gasteiger partial charge in [-0.05, 0) is 36.4 Å². The molecule has 0 radical (unpaired) electrons. The molecule has 5 heteroatoms. The van der Waals surface area contributed by atoms with Crippen molar-refractivity contribution in [2.75, 3.05) is 6.54 Å². The Balaban J connectivity index is 2.07. The molecule has 1 aromatic heterocycles. The van der Waals surface area contributed by atoms with Crippen LogP contribution in [0.3, 0.4) is 0 Å². The maximum Gasteiger partial charge on any atom is 0.0843 e. The van der Waals surface area contributed by atoms with Gasteiger partial charge in [0.05, 0.1) is 12.6 Å². The molecule has 23 heavy (non-hydrogen) atoms. The maximum atomic E-state index is 10.4. The highest BCUT2D eigenvalue weighted by Gasteiger charge is 2.14. The molecular formula is C18H20Cl2N2O. The van der Waals surface area contributed by atoms with Crippen LogP contribution in [0.1, 0.15) is 13.8 Å². The second-order valence-corrected chi connectivity index (χ2v) is 7.02. The van der Waals surface area contributed by atoms with E-state index in [0.29, 0.717) is 29.2 Å². The summed E-state index contributed by atoms with van der Waals surface area (Å²) in [6, 6.07) is 12.0. The molecule has 1 atom stereocenters. The van der Waals surface area contributed by atoms with Crippen LogP contribution in [-0.2, 0) is 6.54 Å². The summed E-state index contributed by atoms with van der Waals surface area (Å²) in [5.41, 5.74) is 2.10. The Hall–Kier alpha value is -1.26. The minimum atomic E-state index is -0.470. The van der Waals surface area contributed by atoms with Crippen molar-refractivity contribution in [3.05, 3.63) is 46.4 Å². The molecule has 0 saturated heterocycles. The van der Waals surface area contributed by atoms with Crippen molar-refractivity contribution in [2.45, 2.75) is 32.5 Å². The van der Waals surface area contributed by atoms with E-state index in [0.717, 1.165) is 21.8 Å². The number of aromatic nitrogens is 1. The number of aliphatic hydroxyl groups excluding tert-OH is 1. The molecule has 3 aromatic rings. The zero-order valence-electron chi connectivity index (χ0n) is 13.2. The molecule has 0 spiro atoms. The van der Waals surface area contributed by atoms with Crippen LogP contribution in [0.2, 0.25) is 10.0 Å². The lowest BCUT2D eigenvalue weighted by Crippen LogP contribution is -2.34. The highest BCUT2D eigenvalue weighted by atomic mass is 35.5. The van der Waals surface area contributed by atoms with Gasteiger partial charge in [0.25, 0.3) is 0 Å². The van der Waals surface area contributed by atoms with E-state index in [-0.39, 0.29) is 0 Å². The summed E-state index contributed by atoms with van der Waals surface area (Å²) < 4.78 is 2.13. The average Bonchev–Trinajstić information content (AvgIpc) is 2.78. The zero-order valence-corrected chi connectivity index (χ0v) is 14.7. The van der Waals surface area contributed by atoms with Crippen LogP contribution in [0.15, 0.2) is 36.4 Å². The Labute approximate surface area is 145 Å². The van der Waals surface area contributed by atoms with Gasteiger partial charge in [-0.3, -0.25) is 0 Å². The van der Waals surface area contributed by atoms with Crippen LogP contribution in [0.4, 0.5) is 0 Å². The Morgan fingerprint density at radius 1 is 1.00 bits per heavy atom. The Morgan fingerprint density at radius 3 is 2.00 bits per heavy atom. The van der Waals surface area contributed by atoms with E-state index in [1.807, 2.05) is 36.4 Å². The number of hydrogen-bond donors (Lipinski definition) is 2. The lowest BCUT2D eigenvalue weighted by Gasteiger charge is -2.16. The van der Waals surface area contributed by atoms with Crippen LogP contribution in [0, 0.1) is 0 Å². The topological polar surface area (TPSA) is 37.2 Å². The van der Waals surface area contributed by atoms with Crippen LogP contribution < -0.4 is 5.32 Å². The predicted molar refractivity (Wildman–Crippen MR) is 98.6 cm³/mol. The first-order valence-electron chi connectivity index (χ1n) is 7.74. The molecule has 0 aliphatic rings. The quantitative estimate of drug-likeness (QED) is 0.712. The fourth-order valence-corrected chi connectivity index (χ4v) is 3.24. The second kappa shape index (κ2) is 6.70. The number of hydrogen-bond acceptors (Lipinski definition) is 2. The molecule has 1 unspecified atom stereocenters. The molecule has 0 aliphatic carbocycles. The molecule has 0 amide bonds. The fraction of sp³-hybridized carbons (Fsp3) is 0.333. The molecular weight excluding hydrogens is 331 g/mol. The molecule has 122 valence electrons. The van der Waals surface area contributed by atoms with E-state index in [2.05, 4.69) is 23.7 Å². The summed E-state index contributed by atoms with van der Waals surface area (Å²) in [6.45, 7) is 5.21. The van der Waals surface area contributed by atoms with Crippen molar-refractivity contribution in [3.63, 3.8) is 0 Å². The van der Waals surface area contributed by atoms with Gasteiger partial charge in [-0.1, -0.05) is 37.0 Å². The average molecular weight is 351 g/mol. The van der Waals surface area contributed by atoms with Crippen molar-refractivity contribution < 1.29 is 5.11 Å². The van der Waals surface area contributed by atoms with E-state index in [1.54, 1.807) is 0 Å². The predicted octanol–water partition coefficient (Wildman–Crippen LogP) is 4.46. The first kappa shape index (κ1) is 16.6. The van der Waals surface area contributed by atoms with Crippen molar-refractivity contribution in [1.29, 1.82) is 0 Å². The highest BCUT2D eigenvalue weighted by molar-refractivity contribution is 6.33. The maximum absolute atomic E-state index is 10.4. The van der Waals surface area contributed by atoms with E-state index in [4.69, 9.17) is 23.2 Å². The Bertz CT molecular complexity index is 783. The van der Waals surface area contributed by atoms with Crippen molar-refractivity contribution in [1.82, 2.24) is 9.88 Å². The second-order valence-electron chi connectivity index (χ2n) is 6.15. The van der Waals surface area contributed by atoms with Gasteiger partial charge in [0.1, 0.15) is 0 Å². The number of aliphatic hydroxyl groups is 1. The molecule has 3 nitrogen and oxygen atoms in total. The van der Waals surface area contributed by atoms with Crippen molar-refractivity contribution >= 4 is 45.0 Å². The van der Waals surface area contributed by atoms with Crippen molar-refractivity contribution in [3.8, 4) is 0 Å². The number of fused-ring (bicyclic) bond motifs is 3. The van der Waals surface area contributed by atoms with E-state index in [1.165, 1.54) is 0 Å². The van der Waals surface area contributed by atoms with Gasteiger partial charge >= 0.3 is 0 Å². The fourth-order valence-electron chi connectivity index (χ4n) is 2.89. The van der Waals surface area contributed by atoms with Crippen LogP contribution in [-0.4, -0.2) is 28.4 Å². The molecule has 0 saturated carbocycles. The van der Waals surface area contributed by atoms with Crippen LogP contribution in [0.25, 0.3) is 21.8 Å². The lowest BCUT2D eigenvalue weighted by molar-refractivity contribution is 0.151. The van der Waals surface area contributed by atoms with Crippen molar-refractivity contribution in [2.24, 2.45) is 0 Å². The van der Waals surface area contributed by atoms with E-state index < -0.39 is 6.10 Å². The third kappa shape index (κ3) is 3.48. The minimum Gasteiger partial charge on any atom is -0.390 e. The van der Waals surface area contributed by atoms with Gasteiger partial charge in [-0.15, -0.1) is 0 Å². The van der Waals surface area contributed by atoms with Gasteiger partial charge in [0.15, 0.2) is 0 Å². The van der Waals surface area contributed by atoms with E-state index >= 15 is 0 Å². The molecule has 3 rings (SSSR count). The zero-order chi connectivity index (χ0) is 16.6. The SMILES string of the molecule is CC(C)NCC(O)Cn1c2ccc(Cl)cc2c2cc(Cl)ccc21. The molecule has 0 fully saturated rings. The third-order valence-corrected chi connectivity index (χ3v) is 4.41. The standard InChI is InChI=1S/C18H20Cl2N2O/c1-11(2)21-9-14(23)10-22-17-5-3-12(19)7-15(17)16-8-13(20)4-6-18(16)22/h3-8,11,14,21,23H,9-10H2,1-2H3. The third-order valence-electron chi connectivity index (χ3n) is 3.94. The van der Waals surface area contributed by atoms with Gasteiger partial charge < -0.3 is 15.0 Å². The highest BCUT2D eigenvalue weighted by Crippen LogP contribution is 2.32. The van der Waals surface area contributed by atoms with E-state index in [9.17, 15) is 5.11 Å². The summed E-state index contributed by atoms with van der Waals surface area (Å²) in [6.07, 6.45) is -0.470. The first-order valence-corrected chi connectivity index (χ1v) is 8.50. The minimum absolute atomic E-state index is 0.348. The lowest BCUT2D eigenvalue weighted by atomic mass is 10.1. The monoisotopic (exact) mass is 350 g/mol. The molecule has 0 bridgehead atoms. The number of nitrogens with one attached hydrogen (secondary N) is 1. The normalized spacial score (nSPS) is 13.3. The number of rotatable bonds is 5. The van der Waals surface area contributed by atoms with Crippen LogP contribution in [0.5, 0.6) is 0 Å². The number of benzene rings is 2. The van der Waals surface area contributed by atoms with Gasteiger partial charge in [-0.25, -0.2) is 0 Å². The smallest absolute Gasteiger partial charge is 0.0843 e. The largest absolute Gasteiger partial charge is 0.390 e. The number of halogens is 2. The van der Waals surface area contributed by atoms with Crippen LogP contribution >= 0.6 is 23.2 Å². The molecule has 2 N–H and O–H groups in total. The summed E-state index contributed by atoms with van der Waals surface area (Å²) >= 11 is 12.3. The van der Waals surface area contributed by atoms with Gasteiger partial charge in [0, 0.05) is 44.4 Å². The summed E-state index contributed by atoms with van der Waals surface area (Å²) in [7, 11) is 0. The molecule has 2 aromatic carbocycles. The van der Waals surface area contributed by atoms with Gasteiger partial charge in [0.2, 0.25) is 0 Å². The first-order chi connectivity index (χ1) is 11.0. The summed E-state index contributed by atoms with van der Waals surface area (Å²) in [4.78, 5) is 0. The molecule has 1 heterocycles.